The molecule has 4 rings (SSSR count). The zero-order valence-corrected chi connectivity index (χ0v) is 17.0. The fraction of sp³-hybridized carbons (Fsp3) is 0.300. The van der Waals surface area contributed by atoms with Crippen molar-refractivity contribution < 1.29 is 9.82 Å². The van der Waals surface area contributed by atoms with Crippen LogP contribution in [0, 0.1) is 14.9 Å². The lowest BCUT2D eigenvalue weighted by atomic mass is 10.2. The number of piperazine rings is 1. The number of benzene rings is 2. The Morgan fingerprint density at radius 2 is 1.76 bits per heavy atom. The summed E-state index contributed by atoms with van der Waals surface area (Å²) >= 11 is 5.60. The molecule has 9 heteroatoms. The van der Waals surface area contributed by atoms with Crippen LogP contribution < -0.4 is 9.80 Å². The van der Waals surface area contributed by atoms with E-state index < -0.39 is 0 Å². The van der Waals surface area contributed by atoms with Gasteiger partial charge in [-0.2, -0.15) is 4.68 Å². The van der Waals surface area contributed by atoms with Gasteiger partial charge < -0.3 is 14.4 Å². The quantitative estimate of drug-likeness (QED) is 0.394. The largest absolute Gasteiger partial charge is 0.360 e. The second-order valence-electron chi connectivity index (χ2n) is 7.20. The number of nitrogens with zero attached hydrogens (tertiary/aromatic N) is 5. The predicted octanol–water partition coefficient (Wildman–Crippen LogP) is 1.89. The van der Waals surface area contributed by atoms with E-state index in [0.29, 0.717) is 4.77 Å². The van der Waals surface area contributed by atoms with E-state index in [2.05, 4.69) is 4.90 Å². The van der Waals surface area contributed by atoms with Gasteiger partial charge in [0, 0.05) is 30.4 Å². The number of nitro groups is 1. The Bertz CT molecular complexity index is 1050. The number of non-ortho nitro benzene ring substituents is 1. The maximum atomic E-state index is 10.8. The molecule has 1 aliphatic heterocycles. The molecule has 0 atom stereocenters. The summed E-state index contributed by atoms with van der Waals surface area (Å²) in [4.78, 5) is 14.1. The highest BCUT2D eigenvalue weighted by Crippen LogP contribution is 2.19. The van der Waals surface area contributed by atoms with Crippen LogP contribution in [-0.4, -0.2) is 45.4 Å². The van der Waals surface area contributed by atoms with Crippen LogP contribution in [0.3, 0.4) is 0 Å². The van der Waals surface area contributed by atoms with Crippen molar-refractivity contribution in [2.45, 2.75) is 6.67 Å². The van der Waals surface area contributed by atoms with Crippen molar-refractivity contribution in [2.75, 3.05) is 31.1 Å². The zero-order valence-electron chi connectivity index (χ0n) is 16.2. The molecule has 1 fully saturated rings. The third kappa shape index (κ3) is 4.06. The zero-order chi connectivity index (χ0) is 20.4. The van der Waals surface area contributed by atoms with E-state index in [1.165, 1.54) is 4.90 Å². The summed E-state index contributed by atoms with van der Waals surface area (Å²) in [6.07, 6.45) is 0. The molecule has 0 bridgehead atoms. The van der Waals surface area contributed by atoms with Crippen LogP contribution >= 0.6 is 12.2 Å². The van der Waals surface area contributed by atoms with Gasteiger partial charge in [0.15, 0.2) is 12.5 Å². The van der Waals surface area contributed by atoms with Crippen LogP contribution in [0.1, 0.15) is 0 Å². The monoisotopic (exact) mass is 411 g/mol. The van der Waals surface area contributed by atoms with Gasteiger partial charge in [-0.25, -0.2) is 0 Å². The SMILES string of the molecule is Cn1c(-c2ccccc2)nn(C[NH+]2CCN(c3ccc([N+](=O)[O-])cc3)CC2)c1=S. The molecule has 150 valence electrons. The minimum atomic E-state index is -0.369. The summed E-state index contributed by atoms with van der Waals surface area (Å²) < 4.78 is 4.58. The highest BCUT2D eigenvalue weighted by Gasteiger charge is 2.22. The maximum absolute atomic E-state index is 10.8. The first-order valence-electron chi connectivity index (χ1n) is 9.55. The molecule has 0 spiro atoms. The Labute approximate surface area is 173 Å². The maximum Gasteiger partial charge on any atom is 0.269 e. The topological polar surface area (TPSA) is 73.6 Å². The summed E-state index contributed by atoms with van der Waals surface area (Å²) in [6, 6.07) is 16.8. The molecule has 1 N–H and O–H groups in total. The molecule has 3 aromatic rings. The van der Waals surface area contributed by atoms with Crippen LogP contribution in [0.4, 0.5) is 11.4 Å². The normalized spacial score (nSPS) is 14.9. The van der Waals surface area contributed by atoms with Crippen molar-refractivity contribution in [3.05, 3.63) is 69.5 Å². The molecule has 1 aromatic heterocycles. The number of hydrogen-bond donors (Lipinski definition) is 1. The molecule has 8 nitrogen and oxygen atoms in total. The third-order valence-electron chi connectivity index (χ3n) is 5.34. The molecule has 0 saturated carbocycles. The summed E-state index contributed by atoms with van der Waals surface area (Å²) in [5.74, 6) is 0.875. The minimum Gasteiger partial charge on any atom is -0.360 e. The van der Waals surface area contributed by atoms with E-state index in [9.17, 15) is 10.1 Å². The van der Waals surface area contributed by atoms with Gasteiger partial charge in [0.25, 0.3) is 5.69 Å². The molecule has 2 aromatic carbocycles. The van der Waals surface area contributed by atoms with E-state index in [-0.39, 0.29) is 10.6 Å². The molecular formula is C20H23N6O2S+. The molecule has 2 heterocycles. The Morgan fingerprint density at radius 3 is 2.38 bits per heavy atom. The Hall–Kier alpha value is -3.04. The van der Waals surface area contributed by atoms with Gasteiger partial charge in [-0.1, -0.05) is 30.3 Å². The summed E-state index contributed by atoms with van der Waals surface area (Å²) in [7, 11) is 1.95. The number of nitrogens with one attached hydrogen (secondary N) is 1. The van der Waals surface area contributed by atoms with Crippen LogP contribution in [0.15, 0.2) is 54.6 Å². The number of aromatic nitrogens is 3. The van der Waals surface area contributed by atoms with Crippen LogP contribution in [-0.2, 0) is 13.7 Å². The van der Waals surface area contributed by atoms with Crippen LogP contribution in [0.5, 0.6) is 0 Å². The third-order valence-corrected chi connectivity index (χ3v) is 5.83. The van der Waals surface area contributed by atoms with Crippen LogP contribution in [0.25, 0.3) is 11.4 Å². The smallest absolute Gasteiger partial charge is 0.269 e. The molecule has 1 saturated heterocycles. The Morgan fingerprint density at radius 1 is 1.10 bits per heavy atom. The van der Waals surface area contributed by atoms with Crippen molar-refractivity contribution in [3.8, 4) is 11.4 Å². The van der Waals surface area contributed by atoms with Crippen molar-refractivity contribution >= 4 is 23.6 Å². The molecule has 29 heavy (non-hydrogen) atoms. The van der Waals surface area contributed by atoms with Crippen molar-refractivity contribution in [1.82, 2.24) is 14.3 Å². The van der Waals surface area contributed by atoms with E-state index in [0.717, 1.165) is 49.9 Å². The van der Waals surface area contributed by atoms with Gasteiger partial charge in [-0.3, -0.25) is 10.1 Å². The predicted molar refractivity (Wildman–Crippen MR) is 113 cm³/mol. The molecule has 1 aliphatic rings. The van der Waals surface area contributed by atoms with E-state index in [4.69, 9.17) is 17.3 Å². The first-order chi connectivity index (χ1) is 14.0. The molecule has 0 amide bonds. The van der Waals surface area contributed by atoms with Crippen molar-refractivity contribution in [2.24, 2.45) is 7.05 Å². The van der Waals surface area contributed by atoms with Crippen molar-refractivity contribution in [1.29, 1.82) is 0 Å². The van der Waals surface area contributed by atoms with Gasteiger partial charge in [0.1, 0.15) is 0 Å². The second-order valence-corrected chi connectivity index (χ2v) is 7.56. The van der Waals surface area contributed by atoms with Crippen LogP contribution in [0.2, 0.25) is 0 Å². The highest BCUT2D eigenvalue weighted by molar-refractivity contribution is 7.71. The molecule has 0 aliphatic carbocycles. The summed E-state index contributed by atoms with van der Waals surface area (Å²) in [6.45, 7) is 4.41. The van der Waals surface area contributed by atoms with E-state index in [1.54, 1.807) is 12.1 Å². The standard InChI is InChI=1S/C20H22N6O2S/c1-22-19(16-5-3-2-4-6-16)21-25(20(22)29)15-23-11-13-24(14-12-23)17-7-9-18(10-8-17)26(27)28/h2-10H,11-15H2,1H3/p+1. The lowest BCUT2D eigenvalue weighted by molar-refractivity contribution is -0.924. The lowest BCUT2D eigenvalue weighted by Crippen LogP contribution is -3.14. The number of rotatable bonds is 5. The van der Waals surface area contributed by atoms with E-state index in [1.807, 2.05) is 58.8 Å². The average Bonchev–Trinajstić information content (AvgIpc) is 3.03. The van der Waals surface area contributed by atoms with E-state index >= 15 is 0 Å². The highest BCUT2D eigenvalue weighted by atomic mass is 32.1. The Kier molecular flexibility index (Phi) is 5.41. The van der Waals surface area contributed by atoms with Gasteiger partial charge >= 0.3 is 0 Å². The molecule has 0 radical (unpaired) electrons. The fourth-order valence-corrected chi connectivity index (χ4v) is 3.86. The first-order valence-corrected chi connectivity index (χ1v) is 9.96. The number of anilines is 1. The second kappa shape index (κ2) is 8.14. The summed E-state index contributed by atoms with van der Waals surface area (Å²) in [5, 5.41) is 15.6. The average molecular weight is 412 g/mol. The van der Waals surface area contributed by atoms with Gasteiger partial charge in [-0.15, -0.1) is 5.10 Å². The first kappa shape index (κ1) is 19.3. The minimum absolute atomic E-state index is 0.122. The number of quaternary nitrogens is 1. The van der Waals surface area contributed by atoms with Gasteiger partial charge in [0.2, 0.25) is 4.77 Å². The molecular weight excluding hydrogens is 388 g/mol. The summed E-state index contributed by atoms with van der Waals surface area (Å²) in [5.41, 5.74) is 2.20. The Balaban J connectivity index is 1.41. The lowest BCUT2D eigenvalue weighted by Gasteiger charge is -2.33. The van der Waals surface area contributed by atoms with Gasteiger partial charge in [0.05, 0.1) is 31.1 Å². The van der Waals surface area contributed by atoms with Gasteiger partial charge in [-0.05, 0) is 24.4 Å². The fourth-order valence-electron chi connectivity index (χ4n) is 3.67. The molecule has 0 unspecified atom stereocenters. The van der Waals surface area contributed by atoms with Crippen molar-refractivity contribution in [3.63, 3.8) is 0 Å². The number of hydrogen-bond acceptors (Lipinski definition) is 5. The number of nitro benzene ring substituents is 1.